The van der Waals surface area contributed by atoms with E-state index >= 15 is 0 Å². The lowest BCUT2D eigenvalue weighted by atomic mass is 10.2. The fourth-order valence-corrected chi connectivity index (χ4v) is 3.22. The summed E-state index contributed by atoms with van der Waals surface area (Å²) in [6, 6.07) is 2.11. The Labute approximate surface area is 127 Å². The van der Waals surface area contributed by atoms with Crippen LogP contribution in [0, 0.1) is 6.92 Å². The second-order valence-electron chi connectivity index (χ2n) is 4.96. The second-order valence-corrected chi connectivity index (χ2v) is 6.13. The van der Waals surface area contributed by atoms with Crippen LogP contribution in [0.5, 0.6) is 0 Å². The van der Waals surface area contributed by atoms with E-state index < -0.39 is 0 Å². The van der Waals surface area contributed by atoms with Crippen molar-refractivity contribution in [1.29, 1.82) is 0 Å². The summed E-state index contributed by atoms with van der Waals surface area (Å²) in [5.41, 5.74) is 1.74. The number of hydrogen-bond acceptors (Lipinski definition) is 5. The molecule has 6 nitrogen and oxygen atoms in total. The fourth-order valence-electron chi connectivity index (χ4n) is 2.10. The molecular weight excluding hydrogens is 288 g/mol. The van der Waals surface area contributed by atoms with Crippen LogP contribution in [0.15, 0.2) is 12.3 Å². The molecule has 0 aliphatic carbocycles. The predicted molar refractivity (Wildman–Crippen MR) is 80.9 cm³/mol. The number of aromatic nitrogens is 3. The average molecular weight is 308 g/mol. The highest BCUT2D eigenvalue weighted by atomic mass is 32.1. The van der Waals surface area contributed by atoms with Crippen LogP contribution in [0.25, 0.3) is 0 Å². The van der Waals surface area contributed by atoms with Crippen molar-refractivity contribution in [3.05, 3.63) is 33.3 Å². The van der Waals surface area contributed by atoms with Gasteiger partial charge in [-0.25, -0.2) is 4.68 Å². The zero-order valence-corrected chi connectivity index (χ0v) is 13.3. The van der Waals surface area contributed by atoms with Gasteiger partial charge in [0.2, 0.25) is 5.91 Å². The molecule has 2 heterocycles. The van der Waals surface area contributed by atoms with Crippen molar-refractivity contribution in [2.75, 3.05) is 0 Å². The number of nitrogens with one attached hydrogen (secondary N) is 1. The van der Waals surface area contributed by atoms with Gasteiger partial charge in [-0.05, 0) is 31.9 Å². The molecule has 21 heavy (non-hydrogen) atoms. The van der Waals surface area contributed by atoms with Crippen LogP contribution in [0.2, 0.25) is 0 Å². The predicted octanol–water partition coefficient (Wildman–Crippen LogP) is 1.58. The first-order chi connectivity index (χ1) is 10.0. The molecule has 1 unspecified atom stereocenters. The van der Waals surface area contributed by atoms with Gasteiger partial charge in [-0.1, -0.05) is 12.1 Å². The van der Waals surface area contributed by atoms with Gasteiger partial charge in [-0.15, -0.1) is 16.4 Å². The first-order valence-electron chi connectivity index (χ1n) is 6.92. The van der Waals surface area contributed by atoms with Crippen LogP contribution in [0.3, 0.4) is 0 Å². The van der Waals surface area contributed by atoms with Crippen molar-refractivity contribution in [1.82, 2.24) is 20.3 Å². The molecule has 0 aromatic carbocycles. The second kappa shape index (κ2) is 6.82. The highest BCUT2D eigenvalue weighted by Gasteiger charge is 2.14. The van der Waals surface area contributed by atoms with E-state index in [2.05, 4.69) is 35.5 Å². The van der Waals surface area contributed by atoms with Gasteiger partial charge >= 0.3 is 0 Å². The summed E-state index contributed by atoms with van der Waals surface area (Å²) in [5, 5.41) is 19.4. The maximum atomic E-state index is 12.0. The largest absolute Gasteiger partial charge is 0.390 e. The van der Waals surface area contributed by atoms with E-state index in [9.17, 15) is 4.79 Å². The molecular formula is C14H20N4O2S. The number of aliphatic hydroxyl groups is 1. The first kappa shape index (κ1) is 15.7. The number of carbonyl (C=O) groups excluding carboxylic acids is 1. The number of hydrogen-bond donors (Lipinski definition) is 2. The van der Waals surface area contributed by atoms with Crippen molar-refractivity contribution in [2.45, 2.75) is 46.4 Å². The highest BCUT2D eigenvalue weighted by molar-refractivity contribution is 7.12. The van der Waals surface area contributed by atoms with Gasteiger partial charge in [-0.2, -0.15) is 0 Å². The van der Waals surface area contributed by atoms with Gasteiger partial charge < -0.3 is 10.4 Å². The fraction of sp³-hybridized carbons (Fsp3) is 0.500. The van der Waals surface area contributed by atoms with Crippen LogP contribution in [-0.2, 0) is 24.4 Å². The third-order valence-corrected chi connectivity index (χ3v) is 4.78. The minimum Gasteiger partial charge on any atom is -0.390 e. The molecule has 0 saturated carbocycles. The Morgan fingerprint density at radius 3 is 2.90 bits per heavy atom. The maximum Gasteiger partial charge on any atom is 0.242 e. The van der Waals surface area contributed by atoms with E-state index in [4.69, 9.17) is 5.11 Å². The van der Waals surface area contributed by atoms with Crippen molar-refractivity contribution in [3.63, 3.8) is 0 Å². The minimum absolute atomic E-state index is 0.0256. The zero-order chi connectivity index (χ0) is 15.4. The third kappa shape index (κ3) is 3.89. The number of aliphatic hydroxyl groups excluding tert-OH is 1. The van der Waals surface area contributed by atoms with Crippen molar-refractivity contribution in [3.8, 4) is 0 Å². The van der Waals surface area contributed by atoms with E-state index in [-0.39, 0.29) is 25.1 Å². The molecule has 2 aromatic heterocycles. The number of rotatable bonds is 6. The van der Waals surface area contributed by atoms with E-state index in [1.807, 2.05) is 6.92 Å². The summed E-state index contributed by atoms with van der Waals surface area (Å²) >= 11 is 1.74. The normalized spacial score (nSPS) is 12.4. The molecule has 2 rings (SSSR count). The highest BCUT2D eigenvalue weighted by Crippen LogP contribution is 2.27. The summed E-state index contributed by atoms with van der Waals surface area (Å²) in [4.78, 5) is 14.5. The third-order valence-electron chi connectivity index (χ3n) is 3.22. The lowest BCUT2D eigenvalue weighted by molar-refractivity contribution is -0.122. The quantitative estimate of drug-likeness (QED) is 0.849. The number of nitrogens with zero attached hydrogens (tertiary/aromatic N) is 3. The first-order valence-corrected chi connectivity index (χ1v) is 7.73. The summed E-state index contributed by atoms with van der Waals surface area (Å²) in [7, 11) is 0. The summed E-state index contributed by atoms with van der Waals surface area (Å²) in [5.74, 6) is -0.124. The number of aryl methyl sites for hydroxylation is 2. The van der Waals surface area contributed by atoms with Crippen LogP contribution in [-0.4, -0.2) is 26.0 Å². The Hall–Kier alpha value is -1.73. The maximum absolute atomic E-state index is 12.0. The molecule has 114 valence electrons. The van der Waals surface area contributed by atoms with E-state index in [0.29, 0.717) is 5.69 Å². The Morgan fingerprint density at radius 1 is 1.57 bits per heavy atom. The number of amides is 1. The molecule has 7 heteroatoms. The molecule has 0 aliphatic rings. The van der Waals surface area contributed by atoms with Gasteiger partial charge in [0, 0.05) is 9.75 Å². The Morgan fingerprint density at radius 2 is 2.33 bits per heavy atom. The summed E-state index contributed by atoms with van der Waals surface area (Å²) in [6.45, 7) is 6.13. The molecule has 0 saturated heterocycles. The van der Waals surface area contributed by atoms with Gasteiger partial charge in [0.15, 0.2) is 0 Å². The van der Waals surface area contributed by atoms with Gasteiger partial charge in [0.25, 0.3) is 0 Å². The Bertz CT molecular complexity index is 620. The molecule has 0 radical (unpaired) electrons. The lowest BCUT2D eigenvalue weighted by Gasteiger charge is -2.12. The van der Waals surface area contributed by atoms with Gasteiger partial charge in [-0.3, -0.25) is 4.79 Å². The average Bonchev–Trinajstić information content (AvgIpc) is 3.04. The molecule has 0 spiro atoms. The summed E-state index contributed by atoms with van der Waals surface area (Å²) < 4.78 is 1.42. The molecule has 0 bridgehead atoms. The van der Waals surface area contributed by atoms with Crippen LogP contribution in [0.4, 0.5) is 0 Å². The smallest absolute Gasteiger partial charge is 0.242 e. The molecule has 2 aromatic rings. The van der Waals surface area contributed by atoms with Crippen molar-refractivity contribution in [2.24, 2.45) is 0 Å². The Kier molecular flexibility index (Phi) is 5.08. The van der Waals surface area contributed by atoms with Crippen LogP contribution < -0.4 is 5.32 Å². The SMILES string of the molecule is CCc1sc(C(C)NC(=O)Cn2cc(CO)nn2)cc1C. The molecule has 0 fully saturated rings. The lowest BCUT2D eigenvalue weighted by Crippen LogP contribution is -2.29. The molecule has 0 aliphatic heterocycles. The van der Waals surface area contributed by atoms with E-state index in [0.717, 1.165) is 11.3 Å². The number of thiophene rings is 1. The monoisotopic (exact) mass is 308 g/mol. The zero-order valence-electron chi connectivity index (χ0n) is 12.5. The van der Waals surface area contributed by atoms with E-state index in [1.165, 1.54) is 15.1 Å². The van der Waals surface area contributed by atoms with Crippen molar-refractivity contribution < 1.29 is 9.90 Å². The van der Waals surface area contributed by atoms with Crippen LogP contribution >= 0.6 is 11.3 Å². The van der Waals surface area contributed by atoms with Gasteiger partial charge in [0.05, 0.1) is 18.8 Å². The number of carbonyl (C=O) groups is 1. The summed E-state index contributed by atoms with van der Waals surface area (Å²) in [6.07, 6.45) is 2.58. The molecule has 1 atom stereocenters. The van der Waals surface area contributed by atoms with E-state index in [1.54, 1.807) is 17.5 Å². The standard InChI is InChI=1S/C14H20N4O2S/c1-4-12-9(2)5-13(21-12)10(3)15-14(20)7-18-6-11(8-19)16-17-18/h5-6,10,19H,4,7-8H2,1-3H3,(H,15,20). The molecule has 2 N–H and O–H groups in total. The minimum atomic E-state index is -0.174. The van der Waals surface area contributed by atoms with Gasteiger partial charge in [0.1, 0.15) is 12.2 Å². The topological polar surface area (TPSA) is 80.0 Å². The molecule has 1 amide bonds. The Balaban J connectivity index is 1.94. The van der Waals surface area contributed by atoms with Crippen molar-refractivity contribution >= 4 is 17.2 Å². The van der Waals surface area contributed by atoms with Crippen LogP contribution in [0.1, 0.15) is 40.9 Å².